The average Bonchev–Trinajstić information content (AvgIpc) is 3.16. The predicted molar refractivity (Wildman–Crippen MR) is 137 cm³/mol. The Morgan fingerprint density at radius 1 is 0.946 bits per heavy atom. The fraction of sp³-hybridized carbons (Fsp3) is 0.321. The highest BCUT2D eigenvalue weighted by molar-refractivity contribution is 6.36. The zero-order valence-corrected chi connectivity index (χ0v) is 20.8. The van der Waals surface area contributed by atoms with E-state index in [-0.39, 0.29) is 18.2 Å². The van der Waals surface area contributed by atoms with Crippen molar-refractivity contribution >= 4 is 22.4 Å². The second-order valence-electron chi connectivity index (χ2n) is 9.59. The number of ether oxygens (including phenoxy) is 1. The lowest BCUT2D eigenvalue weighted by molar-refractivity contribution is -0.274. The van der Waals surface area contributed by atoms with E-state index < -0.39 is 6.36 Å². The lowest BCUT2D eigenvalue weighted by Gasteiger charge is -2.32. The van der Waals surface area contributed by atoms with E-state index in [1.165, 1.54) is 17.7 Å². The van der Waals surface area contributed by atoms with Crippen molar-refractivity contribution in [3.63, 3.8) is 0 Å². The van der Waals surface area contributed by atoms with Crippen molar-refractivity contribution in [2.24, 2.45) is 5.92 Å². The molecular weight excluding hydrogens is 503 g/mol. The highest BCUT2D eigenvalue weighted by atomic mass is 35.5. The van der Waals surface area contributed by atoms with Gasteiger partial charge in [-0.05, 0) is 91.4 Å². The summed E-state index contributed by atoms with van der Waals surface area (Å²) in [6.07, 6.45) is 3.90. The zero-order valence-electron chi connectivity index (χ0n) is 20.1. The lowest BCUT2D eigenvalue weighted by atomic mass is 9.89. The Labute approximate surface area is 218 Å². The molecule has 0 aliphatic carbocycles. The topological polar surface area (TPSA) is 50.5 Å². The number of nitrogens with zero attached hydrogens (tertiary/aromatic N) is 3. The zero-order chi connectivity index (χ0) is 26.0. The molecule has 4 aromatic rings. The fourth-order valence-electron chi connectivity index (χ4n) is 5.06. The third-order valence-electron chi connectivity index (χ3n) is 6.87. The Morgan fingerprint density at radius 2 is 1.62 bits per heavy atom. The molecule has 194 valence electrons. The van der Waals surface area contributed by atoms with Gasteiger partial charge in [-0.1, -0.05) is 23.7 Å². The molecule has 0 atom stereocenters. The number of alkyl halides is 3. The van der Waals surface area contributed by atoms with Crippen molar-refractivity contribution < 1.29 is 23.0 Å². The maximum atomic E-state index is 12.4. The van der Waals surface area contributed by atoms with Crippen molar-refractivity contribution in [3.05, 3.63) is 88.8 Å². The van der Waals surface area contributed by atoms with Crippen molar-refractivity contribution in [1.82, 2.24) is 14.5 Å². The fourth-order valence-corrected chi connectivity index (χ4v) is 5.39. The number of rotatable bonds is 7. The van der Waals surface area contributed by atoms with Gasteiger partial charge in [0.25, 0.3) is 0 Å². The average molecular weight is 530 g/mol. The van der Waals surface area contributed by atoms with Gasteiger partial charge in [0.15, 0.2) is 0 Å². The molecule has 1 saturated heterocycles. The van der Waals surface area contributed by atoms with Crippen LogP contribution in [0, 0.1) is 5.92 Å². The highest BCUT2D eigenvalue weighted by Gasteiger charge is 2.31. The molecule has 0 spiro atoms. The van der Waals surface area contributed by atoms with E-state index in [4.69, 9.17) is 11.6 Å². The third-order valence-corrected chi connectivity index (χ3v) is 7.17. The number of aromatic nitrogens is 2. The van der Waals surface area contributed by atoms with Crippen molar-refractivity contribution in [2.45, 2.75) is 38.7 Å². The van der Waals surface area contributed by atoms with Crippen LogP contribution in [0.15, 0.2) is 67.1 Å². The van der Waals surface area contributed by atoms with Crippen LogP contribution in [-0.2, 0) is 19.5 Å². The predicted octanol–water partition coefficient (Wildman–Crippen LogP) is 6.80. The second kappa shape index (κ2) is 10.6. The number of pyridine rings is 1. The van der Waals surface area contributed by atoms with Gasteiger partial charge in [-0.3, -0.25) is 9.88 Å². The van der Waals surface area contributed by atoms with Gasteiger partial charge in [-0.2, -0.15) is 0 Å². The Morgan fingerprint density at radius 3 is 2.30 bits per heavy atom. The lowest BCUT2D eigenvalue weighted by Crippen LogP contribution is -2.33. The van der Waals surface area contributed by atoms with E-state index in [9.17, 15) is 18.3 Å². The molecule has 2 aromatic heterocycles. The molecule has 1 aliphatic rings. The number of hydrogen-bond acceptors (Lipinski definition) is 4. The van der Waals surface area contributed by atoms with Gasteiger partial charge in [0.2, 0.25) is 5.88 Å². The minimum absolute atomic E-state index is 0.0339. The summed E-state index contributed by atoms with van der Waals surface area (Å²) in [5.41, 5.74) is 3.14. The number of hydrogen-bond donors (Lipinski definition) is 1. The minimum Gasteiger partial charge on any atom is -0.494 e. The summed E-state index contributed by atoms with van der Waals surface area (Å²) in [4.78, 5) is 6.56. The molecule has 0 radical (unpaired) electrons. The van der Waals surface area contributed by atoms with Crippen LogP contribution in [0.4, 0.5) is 13.2 Å². The molecule has 0 bridgehead atoms. The Hall–Kier alpha value is -3.23. The summed E-state index contributed by atoms with van der Waals surface area (Å²) in [7, 11) is 0. The van der Waals surface area contributed by atoms with E-state index in [1.807, 2.05) is 24.7 Å². The SMILES string of the molecule is Oc1c2c(Cl)cc(CC3CCN(Cc4ccncc4)CC3)cc2cn1Cc1ccc(OC(F)(F)F)cc1. The number of likely N-dealkylation sites (tertiary alicyclic amines) is 1. The van der Waals surface area contributed by atoms with Crippen LogP contribution in [0.5, 0.6) is 11.6 Å². The van der Waals surface area contributed by atoms with E-state index in [0.717, 1.165) is 55.4 Å². The number of piperidine rings is 1. The first kappa shape index (κ1) is 25.4. The quantitative estimate of drug-likeness (QED) is 0.286. The summed E-state index contributed by atoms with van der Waals surface area (Å²) in [5.74, 6) is 0.316. The summed E-state index contributed by atoms with van der Waals surface area (Å²) in [6, 6.07) is 13.7. The summed E-state index contributed by atoms with van der Waals surface area (Å²) in [6.45, 7) is 3.33. The van der Waals surface area contributed by atoms with Crippen molar-refractivity contribution in [3.8, 4) is 11.6 Å². The minimum atomic E-state index is -4.73. The molecule has 9 heteroatoms. The van der Waals surface area contributed by atoms with E-state index in [2.05, 4.69) is 32.8 Å². The number of benzene rings is 2. The summed E-state index contributed by atoms with van der Waals surface area (Å²) >= 11 is 6.59. The van der Waals surface area contributed by atoms with Gasteiger partial charge >= 0.3 is 6.36 Å². The van der Waals surface area contributed by atoms with Gasteiger partial charge in [0, 0.05) is 30.5 Å². The first-order valence-corrected chi connectivity index (χ1v) is 12.6. The summed E-state index contributed by atoms with van der Waals surface area (Å²) < 4.78 is 42.8. The van der Waals surface area contributed by atoms with Crippen LogP contribution in [0.3, 0.4) is 0 Å². The van der Waals surface area contributed by atoms with Crippen molar-refractivity contribution in [2.75, 3.05) is 13.1 Å². The van der Waals surface area contributed by atoms with Crippen LogP contribution < -0.4 is 4.74 Å². The van der Waals surface area contributed by atoms with E-state index in [0.29, 0.717) is 16.3 Å². The molecule has 0 unspecified atom stereocenters. The molecular formula is C28H27ClF3N3O2. The molecule has 1 fully saturated rings. The number of fused-ring (bicyclic) bond motifs is 1. The maximum absolute atomic E-state index is 12.4. The third kappa shape index (κ3) is 6.37. The Balaban J connectivity index is 1.24. The standard InChI is InChI=1S/C28H27ClF3N3O2/c29-25-15-22(13-19-7-11-34(12-8-19)16-21-5-9-33-10-6-21)14-23-18-35(27(36)26(23)25)17-20-1-3-24(4-2-20)37-28(30,31)32/h1-6,9-10,14-15,18-19,36H,7-8,11-13,16-17H2. The largest absolute Gasteiger partial charge is 0.573 e. The molecule has 5 rings (SSSR count). The van der Waals surface area contributed by atoms with Gasteiger partial charge in [0.05, 0.1) is 17.0 Å². The summed E-state index contributed by atoms with van der Waals surface area (Å²) in [5, 5.41) is 12.7. The molecule has 3 heterocycles. The molecule has 0 amide bonds. The van der Waals surface area contributed by atoms with Crippen molar-refractivity contribution in [1.29, 1.82) is 0 Å². The first-order valence-electron chi connectivity index (χ1n) is 12.2. The Kier molecular flexibility index (Phi) is 7.31. The molecule has 5 nitrogen and oxygen atoms in total. The maximum Gasteiger partial charge on any atom is 0.573 e. The molecule has 2 aromatic carbocycles. The second-order valence-corrected chi connectivity index (χ2v) is 10.0. The van der Waals surface area contributed by atoms with E-state index >= 15 is 0 Å². The van der Waals surface area contributed by atoms with Gasteiger partial charge in [-0.15, -0.1) is 13.2 Å². The van der Waals surface area contributed by atoms with Crippen LogP contribution in [0.2, 0.25) is 5.02 Å². The molecule has 1 N–H and O–H groups in total. The number of aromatic hydroxyl groups is 1. The van der Waals surface area contributed by atoms with Gasteiger partial charge in [-0.25, -0.2) is 0 Å². The van der Waals surface area contributed by atoms with Crippen LogP contribution >= 0.6 is 11.6 Å². The molecule has 0 saturated carbocycles. The van der Waals surface area contributed by atoms with Crippen LogP contribution in [-0.4, -0.2) is 39.0 Å². The molecule has 1 aliphatic heterocycles. The Bertz CT molecular complexity index is 1350. The van der Waals surface area contributed by atoms with Gasteiger partial charge < -0.3 is 14.4 Å². The first-order chi connectivity index (χ1) is 17.7. The highest BCUT2D eigenvalue weighted by Crippen LogP contribution is 2.36. The monoisotopic (exact) mass is 529 g/mol. The number of halogens is 4. The van der Waals surface area contributed by atoms with Crippen LogP contribution in [0.25, 0.3) is 10.8 Å². The molecule has 37 heavy (non-hydrogen) atoms. The normalized spacial score (nSPS) is 15.4. The van der Waals surface area contributed by atoms with Crippen LogP contribution in [0.1, 0.15) is 29.5 Å². The smallest absolute Gasteiger partial charge is 0.494 e. The van der Waals surface area contributed by atoms with Gasteiger partial charge in [0.1, 0.15) is 5.75 Å². The van der Waals surface area contributed by atoms with E-state index in [1.54, 1.807) is 16.7 Å².